The van der Waals surface area contributed by atoms with Crippen molar-refractivity contribution >= 4 is 23.0 Å². The normalized spacial score (nSPS) is 15.8. The summed E-state index contributed by atoms with van der Waals surface area (Å²) in [6, 6.07) is 0.879. The van der Waals surface area contributed by atoms with Crippen molar-refractivity contribution < 1.29 is 18.1 Å². The second-order valence-corrected chi connectivity index (χ2v) is 17.8. The molecule has 0 aromatic carbocycles. The van der Waals surface area contributed by atoms with Gasteiger partial charge in [-0.1, -0.05) is 48.5 Å². The van der Waals surface area contributed by atoms with Gasteiger partial charge in [-0.05, 0) is 55.9 Å². The summed E-state index contributed by atoms with van der Waals surface area (Å²) in [5.41, 5.74) is 1.17. The van der Waals surface area contributed by atoms with Gasteiger partial charge in [0.1, 0.15) is 0 Å². The van der Waals surface area contributed by atoms with Crippen molar-refractivity contribution in [2.75, 3.05) is 20.2 Å². The smallest absolute Gasteiger partial charge is 0.395 e. The van der Waals surface area contributed by atoms with Crippen LogP contribution in [0.3, 0.4) is 0 Å². The molecule has 0 N–H and O–H groups in total. The Morgan fingerprint density at radius 3 is 1.86 bits per heavy atom. The van der Waals surface area contributed by atoms with Gasteiger partial charge in [-0.25, -0.2) is 4.79 Å². The maximum Gasteiger partial charge on any atom is 0.395 e. The summed E-state index contributed by atoms with van der Waals surface area (Å²) >= 11 is 0. The molecule has 2 unspecified atom stereocenters. The summed E-state index contributed by atoms with van der Waals surface area (Å²) in [5.74, 6) is 0. The van der Waals surface area contributed by atoms with Gasteiger partial charge in [-0.3, -0.25) is 0 Å². The molecular formula is C21H47NO4Si2. The topological polar surface area (TPSA) is 48.0 Å². The maximum atomic E-state index is 12.9. The first-order valence-electron chi connectivity index (χ1n) is 11.1. The van der Waals surface area contributed by atoms with Crippen molar-refractivity contribution in [3.8, 4) is 0 Å². The lowest BCUT2D eigenvalue weighted by Gasteiger charge is -2.42. The van der Waals surface area contributed by atoms with E-state index in [2.05, 4.69) is 61.9 Å². The molecule has 5 nitrogen and oxygen atoms in total. The number of amides is 1. The van der Waals surface area contributed by atoms with E-state index in [-0.39, 0.29) is 12.2 Å². The number of hydrogen-bond donors (Lipinski definition) is 0. The van der Waals surface area contributed by atoms with Gasteiger partial charge in [0.15, 0.2) is 0 Å². The molecule has 0 aromatic rings. The average molecular weight is 434 g/mol. The Morgan fingerprint density at radius 1 is 0.964 bits per heavy atom. The molecule has 0 aliphatic heterocycles. The highest BCUT2D eigenvalue weighted by molar-refractivity contribution is 6.78. The highest BCUT2D eigenvalue weighted by atomic mass is 28.4. The summed E-state index contributed by atoms with van der Waals surface area (Å²) in [5, 5.41) is 0. The third kappa shape index (κ3) is 7.80. The van der Waals surface area contributed by atoms with Gasteiger partial charge in [0.25, 0.3) is 8.32 Å². The van der Waals surface area contributed by atoms with E-state index in [4.69, 9.17) is 13.3 Å². The largest absolute Gasteiger partial charge is 0.503 e. The van der Waals surface area contributed by atoms with E-state index in [1.165, 1.54) is 0 Å². The van der Waals surface area contributed by atoms with Gasteiger partial charge in [-0.15, -0.1) is 0 Å². The molecule has 0 aliphatic rings. The molecule has 0 bridgehead atoms. The fourth-order valence-electron chi connectivity index (χ4n) is 4.29. The van der Waals surface area contributed by atoms with Crippen LogP contribution >= 0.6 is 0 Å². The third-order valence-corrected chi connectivity index (χ3v) is 14.9. The molecule has 7 heteroatoms. The van der Waals surface area contributed by atoms with E-state index in [1.807, 2.05) is 14.0 Å². The Bertz CT molecular complexity index is 438. The van der Waals surface area contributed by atoms with Crippen LogP contribution in [-0.2, 0) is 13.3 Å². The highest BCUT2D eigenvalue weighted by Crippen LogP contribution is 2.42. The monoisotopic (exact) mass is 433 g/mol. The van der Waals surface area contributed by atoms with E-state index in [9.17, 15) is 4.79 Å². The van der Waals surface area contributed by atoms with Crippen LogP contribution in [0.2, 0.25) is 29.2 Å². The molecule has 0 fully saturated rings. The average Bonchev–Trinajstić information content (AvgIpc) is 2.58. The van der Waals surface area contributed by atoms with E-state index in [0.29, 0.717) is 29.8 Å². The summed E-state index contributed by atoms with van der Waals surface area (Å²) < 4.78 is 18.5. The van der Waals surface area contributed by atoms with E-state index in [1.54, 1.807) is 4.90 Å². The summed E-state index contributed by atoms with van der Waals surface area (Å²) in [4.78, 5) is 14.6. The molecule has 168 valence electrons. The van der Waals surface area contributed by atoms with Crippen LogP contribution in [0.5, 0.6) is 0 Å². The van der Waals surface area contributed by atoms with Crippen molar-refractivity contribution in [1.82, 2.24) is 4.90 Å². The number of hydrogen-bond acceptors (Lipinski definition) is 4. The lowest BCUT2D eigenvalue weighted by Crippen LogP contribution is -2.51. The fraction of sp³-hybridized carbons (Fsp3) is 0.952. The zero-order chi connectivity index (χ0) is 22.1. The standard InChI is InChI=1S/C21H47NO4Si2/c1-12-20(9)25-27(11,24-13-2)16-14-15-22(10)21(23)26-28(17(3)4,18(5)6)19(7)8/h17-20H,12-16H2,1-11H3. The van der Waals surface area contributed by atoms with Crippen molar-refractivity contribution in [2.24, 2.45) is 0 Å². The predicted octanol–water partition coefficient (Wildman–Crippen LogP) is 6.54. The molecule has 1 amide bonds. The number of carbonyl (C=O) groups excluding carboxylic acids is 1. The lowest BCUT2D eigenvalue weighted by molar-refractivity contribution is 0.125. The van der Waals surface area contributed by atoms with Gasteiger partial charge < -0.3 is 18.2 Å². The van der Waals surface area contributed by atoms with E-state index >= 15 is 0 Å². The number of rotatable bonds is 13. The predicted molar refractivity (Wildman–Crippen MR) is 124 cm³/mol. The molecule has 0 saturated heterocycles. The van der Waals surface area contributed by atoms with Crippen LogP contribution in [0, 0.1) is 0 Å². The van der Waals surface area contributed by atoms with Crippen LogP contribution in [0.25, 0.3) is 0 Å². The zero-order valence-electron chi connectivity index (χ0n) is 20.4. The van der Waals surface area contributed by atoms with Crippen molar-refractivity contribution in [2.45, 2.75) is 110 Å². The van der Waals surface area contributed by atoms with Gasteiger partial charge in [0.05, 0.1) is 0 Å². The Hall–Kier alpha value is -0.376. The lowest BCUT2D eigenvalue weighted by atomic mass is 10.3. The number of carbonyl (C=O) groups is 1. The first kappa shape index (κ1) is 27.6. The minimum absolute atomic E-state index is 0.176. The van der Waals surface area contributed by atoms with Crippen molar-refractivity contribution in [3.05, 3.63) is 0 Å². The second-order valence-electron chi connectivity index (χ2n) is 9.11. The van der Waals surface area contributed by atoms with Gasteiger partial charge in [0.2, 0.25) is 0 Å². The van der Waals surface area contributed by atoms with Crippen LogP contribution in [0.4, 0.5) is 4.79 Å². The van der Waals surface area contributed by atoms with E-state index < -0.39 is 16.9 Å². The van der Waals surface area contributed by atoms with Crippen LogP contribution in [-0.4, -0.2) is 54.2 Å². The number of nitrogens with zero attached hydrogens (tertiary/aromatic N) is 1. The molecule has 28 heavy (non-hydrogen) atoms. The Morgan fingerprint density at radius 2 is 1.46 bits per heavy atom. The summed E-state index contributed by atoms with van der Waals surface area (Å²) in [7, 11) is -2.56. The minimum atomic E-state index is -2.21. The first-order valence-corrected chi connectivity index (χ1v) is 15.8. The van der Waals surface area contributed by atoms with Gasteiger partial charge in [0, 0.05) is 26.3 Å². The summed E-state index contributed by atoms with van der Waals surface area (Å²) in [6.07, 6.45) is 1.88. The van der Waals surface area contributed by atoms with Crippen LogP contribution < -0.4 is 0 Å². The second kappa shape index (κ2) is 12.3. The molecule has 0 rings (SSSR count). The Labute approximate surface area is 176 Å². The molecule has 0 spiro atoms. The third-order valence-electron chi connectivity index (χ3n) is 5.88. The SMILES string of the molecule is CCO[Si](C)(CCCN(C)C(=O)O[Si](C(C)C)(C(C)C)C(C)C)OC(C)CC. The highest BCUT2D eigenvalue weighted by Gasteiger charge is 2.48. The maximum absolute atomic E-state index is 12.9. The van der Waals surface area contributed by atoms with E-state index in [0.717, 1.165) is 18.9 Å². The minimum Gasteiger partial charge on any atom is -0.503 e. The molecule has 2 atom stereocenters. The van der Waals surface area contributed by atoms with Crippen molar-refractivity contribution in [1.29, 1.82) is 0 Å². The molecule has 0 aliphatic carbocycles. The molecule has 0 saturated carbocycles. The van der Waals surface area contributed by atoms with Gasteiger partial charge in [-0.2, -0.15) is 0 Å². The zero-order valence-corrected chi connectivity index (χ0v) is 22.4. The molecule has 0 heterocycles. The first-order chi connectivity index (χ1) is 12.9. The fourth-order valence-corrected chi connectivity index (χ4v) is 12.2. The van der Waals surface area contributed by atoms with Crippen LogP contribution in [0.15, 0.2) is 0 Å². The molecule has 0 radical (unpaired) electrons. The van der Waals surface area contributed by atoms with Crippen LogP contribution in [0.1, 0.15) is 75.2 Å². The molecule has 0 aromatic heterocycles. The Kier molecular flexibility index (Phi) is 12.2. The summed E-state index contributed by atoms with van der Waals surface area (Å²) in [6.45, 7) is 22.9. The van der Waals surface area contributed by atoms with Gasteiger partial charge >= 0.3 is 14.7 Å². The molecular weight excluding hydrogens is 386 g/mol. The van der Waals surface area contributed by atoms with Crippen molar-refractivity contribution in [3.63, 3.8) is 0 Å². The Balaban J connectivity index is 4.93. The quantitative estimate of drug-likeness (QED) is 0.309.